The zero-order valence-corrected chi connectivity index (χ0v) is 12.5. The van der Waals surface area contributed by atoms with Crippen molar-refractivity contribution in [3.8, 4) is 5.75 Å². The number of carbonyl (C=O) groups is 1. The van der Waals surface area contributed by atoms with Crippen LogP contribution in [0.1, 0.15) is 43.5 Å². The summed E-state index contributed by atoms with van der Waals surface area (Å²) in [5.74, 6) is -0.123. The van der Waals surface area contributed by atoms with Gasteiger partial charge >= 0.3 is 5.69 Å². The van der Waals surface area contributed by atoms with Gasteiger partial charge < -0.3 is 10.1 Å². The van der Waals surface area contributed by atoms with Crippen molar-refractivity contribution in [3.63, 3.8) is 0 Å². The Labute approximate surface area is 123 Å². The maximum Gasteiger partial charge on any atom is 0.311 e. The van der Waals surface area contributed by atoms with Crippen LogP contribution in [0.3, 0.4) is 0 Å². The standard InChI is InChI=1S/C15H20N2O4/c1-15(2)7-6-11(9-15)16-14(18)10-4-5-13(21-3)12(8-10)17(19)20/h4-5,8,11H,6-7,9H2,1-3H3,(H,16,18). The zero-order chi connectivity index (χ0) is 15.6. The van der Waals surface area contributed by atoms with Gasteiger partial charge in [-0.3, -0.25) is 14.9 Å². The van der Waals surface area contributed by atoms with E-state index >= 15 is 0 Å². The van der Waals surface area contributed by atoms with Gasteiger partial charge in [-0.05, 0) is 36.8 Å². The molecule has 1 unspecified atom stereocenters. The number of nitro groups is 1. The Kier molecular flexibility index (Phi) is 4.16. The van der Waals surface area contributed by atoms with Crippen LogP contribution in [-0.4, -0.2) is 24.0 Å². The maximum atomic E-state index is 12.2. The normalized spacial score (nSPS) is 20.0. The van der Waals surface area contributed by atoms with Gasteiger partial charge in [-0.15, -0.1) is 0 Å². The fraction of sp³-hybridized carbons (Fsp3) is 0.533. The largest absolute Gasteiger partial charge is 0.490 e. The zero-order valence-electron chi connectivity index (χ0n) is 12.5. The minimum absolute atomic E-state index is 0.133. The molecule has 0 spiro atoms. The summed E-state index contributed by atoms with van der Waals surface area (Å²) in [5.41, 5.74) is 0.327. The number of amides is 1. The third kappa shape index (κ3) is 3.51. The highest BCUT2D eigenvalue weighted by molar-refractivity contribution is 5.95. The van der Waals surface area contributed by atoms with Gasteiger partial charge in [0.15, 0.2) is 5.75 Å². The molecule has 1 aromatic carbocycles. The van der Waals surface area contributed by atoms with Crippen molar-refractivity contribution in [1.29, 1.82) is 0 Å². The summed E-state index contributed by atoms with van der Waals surface area (Å²) in [6, 6.07) is 4.38. The highest BCUT2D eigenvalue weighted by atomic mass is 16.6. The molecular formula is C15H20N2O4. The quantitative estimate of drug-likeness (QED) is 0.683. The predicted octanol–water partition coefficient (Wildman–Crippen LogP) is 2.91. The van der Waals surface area contributed by atoms with Crippen LogP contribution in [0.4, 0.5) is 5.69 Å². The summed E-state index contributed by atoms with van der Waals surface area (Å²) < 4.78 is 4.93. The summed E-state index contributed by atoms with van der Waals surface area (Å²) in [4.78, 5) is 22.6. The number of nitrogens with one attached hydrogen (secondary N) is 1. The van der Waals surface area contributed by atoms with Gasteiger partial charge in [-0.25, -0.2) is 0 Å². The fourth-order valence-corrected chi connectivity index (χ4v) is 2.80. The number of hydrogen-bond donors (Lipinski definition) is 1. The molecule has 0 heterocycles. The molecule has 21 heavy (non-hydrogen) atoms. The van der Waals surface area contributed by atoms with E-state index in [1.807, 2.05) is 0 Å². The number of carbonyl (C=O) groups excluding carboxylic acids is 1. The molecule has 1 fully saturated rings. The van der Waals surface area contributed by atoms with Gasteiger partial charge in [-0.2, -0.15) is 0 Å². The molecule has 6 nitrogen and oxygen atoms in total. The maximum absolute atomic E-state index is 12.2. The Morgan fingerprint density at radius 3 is 2.71 bits per heavy atom. The molecule has 0 radical (unpaired) electrons. The first-order chi connectivity index (χ1) is 9.82. The summed E-state index contributed by atoms with van der Waals surface area (Å²) >= 11 is 0. The molecule has 0 bridgehead atoms. The summed E-state index contributed by atoms with van der Waals surface area (Å²) in [5, 5.41) is 13.9. The molecule has 1 N–H and O–H groups in total. The van der Waals surface area contributed by atoms with E-state index in [0.29, 0.717) is 0 Å². The lowest BCUT2D eigenvalue weighted by Gasteiger charge is -2.17. The molecule has 1 aromatic rings. The average molecular weight is 292 g/mol. The highest BCUT2D eigenvalue weighted by Gasteiger charge is 2.32. The monoisotopic (exact) mass is 292 g/mol. The first-order valence-electron chi connectivity index (χ1n) is 6.96. The van der Waals surface area contributed by atoms with E-state index < -0.39 is 4.92 Å². The minimum Gasteiger partial charge on any atom is -0.490 e. The molecule has 1 aliphatic carbocycles. The first-order valence-corrected chi connectivity index (χ1v) is 6.96. The lowest BCUT2D eigenvalue weighted by Crippen LogP contribution is -2.33. The number of methoxy groups -OCH3 is 1. The number of benzene rings is 1. The van der Waals surface area contributed by atoms with Gasteiger partial charge in [0.25, 0.3) is 5.91 Å². The first kappa shape index (κ1) is 15.3. The van der Waals surface area contributed by atoms with Crippen molar-refractivity contribution in [2.24, 2.45) is 5.41 Å². The Bertz CT molecular complexity index is 569. The van der Waals surface area contributed by atoms with Gasteiger partial charge in [0.2, 0.25) is 0 Å². The number of rotatable bonds is 4. The van der Waals surface area contributed by atoms with Gasteiger partial charge in [0.1, 0.15) is 0 Å². The van der Waals surface area contributed by atoms with Crippen LogP contribution in [0.2, 0.25) is 0 Å². The van der Waals surface area contributed by atoms with E-state index in [0.717, 1.165) is 19.3 Å². The Balaban J connectivity index is 2.13. The summed E-state index contributed by atoms with van der Waals surface area (Å²) in [6.45, 7) is 4.36. The lowest BCUT2D eigenvalue weighted by atomic mass is 9.92. The van der Waals surface area contributed by atoms with E-state index in [1.165, 1.54) is 19.2 Å². The van der Waals surface area contributed by atoms with Crippen LogP contribution in [0.5, 0.6) is 5.75 Å². The van der Waals surface area contributed by atoms with E-state index in [-0.39, 0.29) is 34.4 Å². The van der Waals surface area contributed by atoms with Crippen molar-refractivity contribution >= 4 is 11.6 Å². The molecule has 6 heteroatoms. The molecular weight excluding hydrogens is 272 g/mol. The smallest absolute Gasteiger partial charge is 0.311 e. The minimum atomic E-state index is -0.547. The third-order valence-corrected chi connectivity index (χ3v) is 3.94. The van der Waals surface area contributed by atoms with E-state index in [1.54, 1.807) is 6.07 Å². The molecule has 0 aromatic heterocycles. The predicted molar refractivity (Wildman–Crippen MR) is 78.5 cm³/mol. The van der Waals surface area contributed by atoms with Crippen LogP contribution in [0, 0.1) is 15.5 Å². The van der Waals surface area contributed by atoms with Crippen LogP contribution in [-0.2, 0) is 0 Å². The number of nitrogens with zero attached hydrogens (tertiary/aromatic N) is 1. The van der Waals surface area contributed by atoms with Crippen molar-refractivity contribution in [1.82, 2.24) is 5.32 Å². The van der Waals surface area contributed by atoms with Crippen LogP contribution in [0.15, 0.2) is 18.2 Å². The fourth-order valence-electron chi connectivity index (χ4n) is 2.80. The van der Waals surface area contributed by atoms with Crippen molar-refractivity contribution < 1.29 is 14.5 Å². The topological polar surface area (TPSA) is 81.5 Å². The second-order valence-corrected chi connectivity index (χ2v) is 6.22. The Hall–Kier alpha value is -2.11. The van der Waals surface area contributed by atoms with Crippen molar-refractivity contribution in [3.05, 3.63) is 33.9 Å². The summed E-state index contributed by atoms with van der Waals surface area (Å²) in [6.07, 6.45) is 2.94. The van der Waals surface area contributed by atoms with E-state index in [4.69, 9.17) is 4.74 Å². The average Bonchev–Trinajstić information content (AvgIpc) is 2.76. The number of ether oxygens (including phenoxy) is 1. The Morgan fingerprint density at radius 1 is 1.48 bits per heavy atom. The molecule has 1 aliphatic rings. The number of nitro benzene ring substituents is 1. The SMILES string of the molecule is COc1ccc(C(=O)NC2CCC(C)(C)C2)cc1[N+](=O)[O-]. The molecule has 2 rings (SSSR count). The van der Waals surface area contributed by atoms with Crippen LogP contribution < -0.4 is 10.1 Å². The summed E-state index contributed by atoms with van der Waals surface area (Å²) in [7, 11) is 1.36. The molecule has 1 saturated carbocycles. The molecule has 0 saturated heterocycles. The van der Waals surface area contributed by atoms with E-state index in [9.17, 15) is 14.9 Å². The van der Waals surface area contributed by atoms with E-state index in [2.05, 4.69) is 19.2 Å². The Morgan fingerprint density at radius 2 is 2.19 bits per heavy atom. The molecule has 0 aliphatic heterocycles. The highest BCUT2D eigenvalue weighted by Crippen LogP contribution is 2.37. The lowest BCUT2D eigenvalue weighted by molar-refractivity contribution is -0.385. The second-order valence-electron chi connectivity index (χ2n) is 6.22. The van der Waals surface area contributed by atoms with Crippen LogP contribution >= 0.6 is 0 Å². The molecule has 1 amide bonds. The van der Waals surface area contributed by atoms with Crippen molar-refractivity contribution in [2.75, 3.05) is 7.11 Å². The van der Waals surface area contributed by atoms with Crippen LogP contribution in [0.25, 0.3) is 0 Å². The third-order valence-electron chi connectivity index (χ3n) is 3.94. The molecule has 1 atom stereocenters. The molecule has 114 valence electrons. The van der Waals surface area contributed by atoms with Gasteiger partial charge in [0.05, 0.1) is 12.0 Å². The number of hydrogen-bond acceptors (Lipinski definition) is 4. The second kappa shape index (κ2) is 5.71. The van der Waals surface area contributed by atoms with Gasteiger partial charge in [0, 0.05) is 17.7 Å². The van der Waals surface area contributed by atoms with Crippen molar-refractivity contribution in [2.45, 2.75) is 39.2 Å². The van der Waals surface area contributed by atoms with Gasteiger partial charge in [-0.1, -0.05) is 13.8 Å².